The van der Waals surface area contributed by atoms with Gasteiger partial charge in [0.15, 0.2) is 11.8 Å². The summed E-state index contributed by atoms with van der Waals surface area (Å²) in [6.45, 7) is 2.51. The van der Waals surface area contributed by atoms with Crippen LogP contribution in [0.25, 0.3) is 0 Å². The van der Waals surface area contributed by atoms with Gasteiger partial charge in [0.2, 0.25) is 0 Å². The smallest absolute Gasteiger partial charge is 0.336 e. The number of hydrogen-bond acceptors (Lipinski definition) is 5. The number of aromatic hydroxyl groups is 1. The van der Waals surface area contributed by atoms with Gasteiger partial charge in [-0.3, -0.25) is 4.79 Å². The Labute approximate surface area is 184 Å². The van der Waals surface area contributed by atoms with Crippen LogP contribution in [0.3, 0.4) is 0 Å². The Hall–Kier alpha value is -2.82. The molecule has 0 amide bonds. The predicted octanol–water partition coefficient (Wildman–Crippen LogP) is 4.52. The molecular weight excluding hydrogens is 390 g/mol. The Bertz CT molecular complexity index is 889. The molecule has 1 aliphatic carbocycles. The monoisotopic (exact) mass is 421 g/mol. The molecule has 3 atom stereocenters. The van der Waals surface area contributed by atoms with Crippen molar-refractivity contribution >= 4 is 17.4 Å². The highest BCUT2D eigenvalue weighted by molar-refractivity contribution is 6.09. The number of nitrogens with zero attached hydrogens (tertiary/aromatic N) is 1. The highest BCUT2D eigenvalue weighted by Gasteiger charge is 2.49. The van der Waals surface area contributed by atoms with Gasteiger partial charge in [0.1, 0.15) is 11.9 Å². The van der Waals surface area contributed by atoms with E-state index in [0.717, 1.165) is 36.9 Å². The molecule has 0 spiro atoms. The second-order valence-corrected chi connectivity index (χ2v) is 8.68. The first-order chi connectivity index (χ1) is 15.1. The van der Waals surface area contributed by atoms with Gasteiger partial charge in [-0.15, -0.1) is 0 Å². The highest BCUT2D eigenvalue weighted by Crippen LogP contribution is 2.38. The molecule has 2 fully saturated rings. The molecule has 1 saturated carbocycles. The minimum absolute atomic E-state index is 0.0161. The maximum absolute atomic E-state index is 13.8. The van der Waals surface area contributed by atoms with E-state index >= 15 is 0 Å². The summed E-state index contributed by atoms with van der Waals surface area (Å²) in [6, 6.07) is 15.8. The molecule has 164 valence electrons. The van der Waals surface area contributed by atoms with E-state index in [1.807, 2.05) is 54.3 Å². The van der Waals surface area contributed by atoms with E-state index in [-0.39, 0.29) is 29.5 Å². The average Bonchev–Trinajstić information content (AvgIpc) is 3.32. The average molecular weight is 422 g/mol. The molecule has 5 nitrogen and oxygen atoms in total. The van der Waals surface area contributed by atoms with Crippen LogP contribution in [0.1, 0.15) is 44.6 Å². The number of ether oxygens (including phenoxy) is 1. The van der Waals surface area contributed by atoms with E-state index in [1.54, 1.807) is 12.1 Å². The second kappa shape index (κ2) is 9.54. The zero-order valence-corrected chi connectivity index (χ0v) is 18.1. The number of cyclic esters (lactones) is 1. The predicted molar refractivity (Wildman–Crippen MR) is 120 cm³/mol. The fourth-order valence-electron chi connectivity index (χ4n) is 5.18. The summed E-state index contributed by atoms with van der Waals surface area (Å²) in [4.78, 5) is 28.7. The number of likely N-dealkylation sites (N-methyl/N-ethyl adjacent to an activating group) is 1. The van der Waals surface area contributed by atoms with Crippen molar-refractivity contribution in [1.29, 1.82) is 0 Å². The second-order valence-electron chi connectivity index (χ2n) is 8.68. The van der Waals surface area contributed by atoms with Gasteiger partial charge in [-0.2, -0.15) is 0 Å². The summed E-state index contributed by atoms with van der Waals surface area (Å²) in [5.41, 5.74) is 1.93. The molecule has 1 heterocycles. The van der Waals surface area contributed by atoms with Gasteiger partial charge in [-0.25, -0.2) is 4.79 Å². The first-order valence-corrected chi connectivity index (χ1v) is 11.4. The lowest BCUT2D eigenvalue weighted by Gasteiger charge is -2.41. The lowest BCUT2D eigenvalue weighted by Crippen LogP contribution is -2.58. The number of aryl methyl sites for hydroxylation is 1. The Morgan fingerprint density at radius 3 is 2.32 bits per heavy atom. The molecule has 2 unspecified atom stereocenters. The number of esters is 1. The van der Waals surface area contributed by atoms with Crippen LogP contribution in [0.5, 0.6) is 5.75 Å². The number of phenolic OH excluding ortho intramolecular Hbond substituents is 1. The Morgan fingerprint density at radius 2 is 1.68 bits per heavy atom. The topological polar surface area (TPSA) is 66.8 Å². The third-order valence-corrected chi connectivity index (χ3v) is 6.79. The van der Waals surface area contributed by atoms with Gasteiger partial charge in [0, 0.05) is 12.2 Å². The molecule has 5 heteroatoms. The number of anilines is 1. The molecule has 1 N–H and O–H groups in total. The van der Waals surface area contributed by atoms with E-state index in [0.29, 0.717) is 19.4 Å². The summed E-state index contributed by atoms with van der Waals surface area (Å²) in [7, 11) is 0. The molecular formula is C26H31NO4. The fourth-order valence-corrected chi connectivity index (χ4v) is 5.18. The highest BCUT2D eigenvalue weighted by atomic mass is 16.5. The van der Waals surface area contributed by atoms with Crippen LogP contribution in [0.15, 0.2) is 54.6 Å². The van der Waals surface area contributed by atoms with Gasteiger partial charge in [-0.1, -0.05) is 43.2 Å². The number of carbonyl (C=O) groups excluding carboxylic acids is 2. The Balaban J connectivity index is 1.59. The van der Waals surface area contributed by atoms with Crippen LogP contribution in [-0.2, 0) is 20.7 Å². The van der Waals surface area contributed by atoms with Crippen LogP contribution >= 0.6 is 0 Å². The number of rotatable bonds is 7. The number of para-hydroxylation sites is 1. The summed E-state index contributed by atoms with van der Waals surface area (Å²) in [5.74, 6) is -0.231. The van der Waals surface area contributed by atoms with Gasteiger partial charge < -0.3 is 14.7 Å². The minimum atomic E-state index is -0.894. The molecule has 0 bridgehead atoms. The zero-order chi connectivity index (χ0) is 21.8. The maximum atomic E-state index is 13.8. The molecule has 4 rings (SSSR count). The van der Waals surface area contributed by atoms with Crippen LogP contribution in [0.4, 0.5) is 5.69 Å². The quantitative estimate of drug-likeness (QED) is 0.526. The fraction of sp³-hybridized carbons (Fsp3) is 0.462. The van der Waals surface area contributed by atoms with Crippen molar-refractivity contribution in [3.63, 3.8) is 0 Å². The summed E-state index contributed by atoms with van der Waals surface area (Å²) >= 11 is 0. The molecule has 1 saturated heterocycles. The van der Waals surface area contributed by atoms with Gasteiger partial charge in [-0.05, 0) is 68.4 Å². The molecule has 2 aromatic rings. The van der Waals surface area contributed by atoms with Crippen molar-refractivity contribution in [2.24, 2.45) is 11.8 Å². The Morgan fingerprint density at radius 1 is 1.00 bits per heavy atom. The molecule has 0 aromatic heterocycles. The lowest BCUT2D eigenvalue weighted by molar-refractivity contribution is -0.170. The molecule has 31 heavy (non-hydrogen) atoms. The summed E-state index contributed by atoms with van der Waals surface area (Å²) in [5, 5.41) is 9.54. The molecule has 2 aliphatic rings. The van der Waals surface area contributed by atoms with Crippen LogP contribution in [0, 0.1) is 11.8 Å². The summed E-state index contributed by atoms with van der Waals surface area (Å²) < 4.78 is 6.04. The van der Waals surface area contributed by atoms with Crippen LogP contribution in [-0.4, -0.2) is 35.5 Å². The first kappa shape index (κ1) is 21.4. The van der Waals surface area contributed by atoms with Crippen molar-refractivity contribution in [2.45, 2.75) is 57.6 Å². The van der Waals surface area contributed by atoms with E-state index in [1.165, 1.54) is 0 Å². The normalized spacial score (nSPS) is 24.2. The third kappa shape index (κ3) is 4.60. The molecule has 0 radical (unpaired) electrons. The first-order valence-electron chi connectivity index (χ1n) is 11.4. The number of ketones is 1. The van der Waals surface area contributed by atoms with E-state index in [4.69, 9.17) is 4.74 Å². The zero-order valence-electron chi connectivity index (χ0n) is 18.1. The largest absolute Gasteiger partial charge is 0.508 e. The summed E-state index contributed by atoms with van der Waals surface area (Å²) in [6.07, 6.45) is 5.31. The van der Waals surface area contributed by atoms with E-state index in [2.05, 4.69) is 0 Å². The molecule has 1 aliphatic heterocycles. The molecule has 2 aromatic carbocycles. The third-order valence-electron chi connectivity index (χ3n) is 6.79. The van der Waals surface area contributed by atoms with Crippen molar-refractivity contribution in [3.05, 3.63) is 60.2 Å². The van der Waals surface area contributed by atoms with Crippen LogP contribution < -0.4 is 4.90 Å². The van der Waals surface area contributed by atoms with Crippen molar-refractivity contribution in [1.82, 2.24) is 0 Å². The van der Waals surface area contributed by atoms with Gasteiger partial charge >= 0.3 is 5.97 Å². The van der Waals surface area contributed by atoms with Crippen LogP contribution in [0.2, 0.25) is 0 Å². The van der Waals surface area contributed by atoms with Crippen molar-refractivity contribution in [3.8, 4) is 5.75 Å². The lowest BCUT2D eigenvalue weighted by atomic mass is 9.78. The van der Waals surface area contributed by atoms with Gasteiger partial charge in [0.25, 0.3) is 0 Å². The number of phenols is 1. The number of benzene rings is 2. The van der Waals surface area contributed by atoms with Gasteiger partial charge in [0.05, 0.1) is 5.92 Å². The van der Waals surface area contributed by atoms with E-state index in [9.17, 15) is 14.7 Å². The van der Waals surface area contributed by atoms with E-state index < -0.39 is 12.0 Å². The maximum Gasteiger partial charge on any atom is 0.336 e. The number of hydrogen-bond donors (Lipinski definition) is 1. The Kier molecular flexibility index (Phi) is 6.59. The SMILES string of the molecule is CCN(c1ccccc1)C1C(=O)O[C@H](C2CCCC2)C(CCc2ccc(O)cc2)C1=O. The number of Topliss-reactive ketones (excluding diaryl/α,β-unsaturated/α-hetero) is 1. The standard InChI is InChI=1S/C26H31NO4/c1-2-27(20-10-4-3-5-11-20)23-24(29)22(17-14-18-12-15-21(28)16-13-18)25(31-26(23)30)19-8-6-7-9-19/h3-5,10-13,15-16,19,22-23,25,28H,2,6-9,14,17H2,1H3/t22?,23?,25-/m1/s1. The van der Waals surface area contributed by atoms with Crippen molar-refractivity contribution < 1.29 is 19.4 Å². The van der Waals surface area contributed by atoms with Crippen molar-refractivity contribution in [2.75, 3.05) is 11.4 Å². The minimum Gasteiger partial charge on any atom is -0.508 e. The number of carbonyl (C=O) groups is 2.